The van der Waals surface area contributed by atoms with Crippen molar-refractivity contribution in [2.75, 3.05) is 6.26 Å². The third-order valence-corrected chi connectivity index (χ3v) is 7.05. The standard InChI is InChI=1S/C18H17BrN3O5S2/c1-8-20-14-13-12(15(23)16(24)17(14)28-8)11(7-9-4-3-5-10(19)6-9)22(25)18(13)21-29(2,26)27/h3-6,11,16,18,21,24H,7H2,1-2H3/q-1. The second kappa shape index (κ2) is 7.34. The van der Waals surface area contributed by atoms with Gasteiger partial charge in [0.15, 0.2) is 11.9 Å². The molecular formula is C18H17BrN3O5S2-. The van der Waals surface area contributed by atoms with Crippen LogP contribution in [0.5, 0.6) is 0 Å². The summed E-state index contributed by atoms with van der Waals surface area (Å²) in [4.78, 5) is 17.7. The quantitative estimate of drug-likeness (QED) is 0.659. The Balaban J connectivity index is 1.87. The molecule has 3 unspecified atom stereocenters. The van der Waals surface area contributed by atoms with Crippen LogP contribution in [-0.2, 0) is 21.2 Å². The van der Waals surface area contributed by atoms with E-state index in [4.69, 9.17) is 0 Å². The summed E-state index contributed by atoms with van der Waals surface area (Å²) in [5.41, 5.74) is 1.46. The van der Waals surface area contributed by atoms with Crippen molar-refractivity contribution in [3.8, 4) is 0 Å². The lowest BCUT2D eigenvalue weighted by Gasteiger charge is -2.37. The lowest BCUT2D eigenvalue weighted by atomic mass is 9.86. The number of rotatable bonds is 4. The van der Waals surface area contributed by atoms with Gasteiger partial charge in [0.1, 0.15) is 0 Å². The minimum absolute atomic E-state index is 0.117. The number of ketones is 1. The van der Waals surface area contributed by atoms with Crippen LogP contribution < -0.4 is 4.72 Å². The summed E-state index contributed by atoms with van der Waals surface area (Å²) >= 11 is 4.54. The Morgan fingerprint density at radius 2 is 2.10 bits per heavy atom. The molecule has 29 heavy (non-hydrogen) atoms. The number of Topliss-reactive ketones (excluding diaryl/α,β-unsaturated/α-hetero) is 1. The molecule has 2 N–H and O–H groups in total. The Morgan fingerprint density at radius 3 is 2.76 bits per heavy atom. The number of hydrogen-bond donors (Lipinski definition) is 2. The van der Waals surface area contributed by atoms with Crippen molar-refractivity contribution >= 4 is 48.6 Å². The molecule has 1 aliphatic heterocycles. The van der Waals surface area contributed by atoms with Gasteiger partial charge in [-0.3, -0.25) is 4.79 Å². The molecule has 8 nitrogen and oxygen atoms in total. The number of nitrogens with zero attached hydrogens (tertiary/aromatic N) is 2. The molecule has 0 fully saturated rings. The van der Waals surface area contributed by atoms with Gasteiger partial charge in [0.05, 0.1) is 28.0 Å². The fraction of sp³-hybridized carbons (Fsp3) is 0.333. The second-order valence-electron chi connectivity index (χ2n) is 7.04. The fourth-order valence-corrected chi connectivity index (χ4v) is 5.80. The molecule has 154 valence electrons. The summed E-state index contributed by atoms with van der Waals surface area (Å²) < 4.78 is 27.0. The van der Waals surface area contributed by atoms with Gasteiger partial charge in [-0.25, -0.2) is 13.4 Å². The molecule has 0 bridgehead atoms. The van der Waals surface area contributed by atoms with E-state index in [1.165, 1.54) is 0 Å². The Kier molecular flexibility index (Phi) is 5.26. The van der Waals surface area contributed by atoms with Gasteiger partial charge in [0.2, 0.25) is 10.0 Å². The Bertz CT molecular complexity index is 1140. The van der Waals surface area contributed by atoms with E-state index in [-0.39, 0.29) is 17.6 Å². The summed E-state index contributed by atoms with van der Waals surface area (Å²) in [7, 11) is -3.75. The van der Waals surface area contributed by atoms with Gasteiger partial charge in [-0.2, -0.15) is 4.72 Å². The molecule has 2 aliphatic rings. The first-order valence-electron chi connectivity index (χ1n) is 8.68. The third kappa shape index (κ3) is 3.72. The summed E-state index contributed by atoms with van der Waals surface area (Å²) in [6.45, 7) is 1.72. The zero-order valence-corrected chi connectivity index (χ0v) is 18.6. The highest BCUT2D eigenvalue weighted by Crippen LogP contribution is 2.46. The molecule has 0 saturated carbocycles. The first kappa shape index (κ1) is 20.8. The van der Waals surface area contributed by atoms with Gasteiger partial charge in [-0.05, 0) is 31.0 Å². The predicted octanol–water partition coefficient (Wildman–Crippen LogP) is 1.88. The number of fused-ring (bicyclic) bond motifs is 2. The Labute approximate surface area is 180 Å². The average molecular weight is 499 g/mol. The number of benzene rings is 1. The van der Waals surface area contributed by atoms with Gasteiger partial charge in [0, 0.05) is 21.7 Å². The maximum absolute atomic E-state index is 13.2. The molecule has 2 aromatic rings. The van der Waals surface area contributed by atoms with Crippen molar-refractivity contribution < 1.29 is 18.3 Å². The number of aliphatic hydroxyl groups is 1. The molecule has 1 aliphatic carbocycles. The minimum atomic E-state index is -3.75. The minimum Gasteiger partial charge on any atom is -0.783 e. The normalized spacial score (nSPS) is 24.7. The molecule has 2 heterocycles. The number of nitrogens with one attached hydrogen (secondary N) is 1. The molecule has 0 spiro atoms. The monoisotopic (exact) mass is 498 g/mol. The number of aryl methyl sites for hydroxylation is 1. The summed E-state index contributed by atoms with van der Waals surface area (Å²) in [6, 6.07) is 6.35. The first-order chi connectivity index (χ1) is 13.6. The third-order valence-electron chi connectivity index (χ3n) is 4.88. The molecule has 1 aromatic carbocycles. The largest absolute Gasteiger partial charge is 0.783 e. The van der Waals surface area contributed by atoms with Crippen molar-refractivity contribution in [2.45, 2.75) is 31.7 Å². The highest BCUT2D eigenvalue weighted by Gasteiger charge is 2.47. The Hall–Kier alpha value is -1.47. The molecular weight excluding hydrogens is 482 g/mol. The average Bonchev–Trinajstić information content (AvgIpc) is 3.12. The highest BCUT2D eigenvalue weighted by molar-refractivity contribution is 9.10. The van der Waals surface area contributed by atoms with Gasteiger partial charge in [0.25, 0.3) is 0 Å². The SMILES string of the molecule is Cc1nc2c(s1)C(O)C(=O)C1=C2C(NS(C)(=O)=O)N([O-])C1Cc1cccc(Br)c1. The summed E-state index contributed by atoms with van der Waals surface area (Å²) in [5.74, 6) is -0.588. The zero-order chi connectivity index (χ0) is 21.1. The van der Waals surface area contributed by atoms with Crippen LogP contribution in [0.15, 0.2) is 34.3 Å². The van der Waals surface area contributed by atoms with E-state index < -0.39 is 34.1 Å². The van der Waals surface area contributed by atoms with Gasteiger partial charge < -0.3 is 15.4 Å². The van der Waals surface area contributed by atoms with Gasteiger partial charge >= 0.3 is 0 Å². The summed E-state index contributed by atoms with van der Waals surface area (Å²) in [5, 5.41) is 24.9. The van der Waals surface area contributed by atoms with Crippen molar-refractivity contribution in [2.24, 2.45) is 0 Å². The summed E-state index contributed by atoms with van der Waals surface area (Å²) in [6.07, 6.45) is -1.56. The maximum Gasteiger partial charge on any atom is 0.210 e. The lowest BCUT2D eigenvalue weighted by molar-refractivity contribution is -0.124. The second-order valence-corrected chi connectivity index (χ2v) is 11.0. The van der Waals surface area contributed by atoms with Crippen LogP contribution in [0.3, 0.4) is 0 Å². The zero-order valence-electron chi connectivity index (χ0n) is 15.4. The molecule has 11 heteroatoms. The number of carbonyl (C=O) groups is 1. The van der Waals surface area contributed by atoms with Crippen molar-refractivity contribution in [1.82, 2.24) is 14.8 Å². The topological polar surface area (TPSA) is 123 Å². The number of sulfonamides is 1. The predicted molar refractivity (Wildman–Crippen MR) is 112 cm³/mol. The number of aliphatic hydroxyl groups excluding tert-OH is 1. The van der Waals surface area contributed by atoms with E-state index in [0.717, 1.165) is 27.6 Å². The molecule has 0 saturated heterocycles. The van der Waals surface area contributed by atoms with E-state index in [1.54, 1.807) is 6.92 Å². The maximum atomic E-state index is 13.2. The van der Waals surface area contributed by atoms with Crippen molar-refractivity contribution in [3.05, 3.63) is 60.7 Å². The van der Waals surface area contributed by atoms with E-state index in [0.29, 0.717) is 20.6 Å². The number of halogens is 1. The Morgan fingerprint density at radius 1 is 1.38 bits per heavy atom. The van der Waals surface area contributed by atoms with Gasteiger partial charge in [-0.15, -0.1) is 11.3 Å². The molecule has 1 aromatic heterocycles. The number of thiazole rings is 1. The van der Waals surface area contributed by atoms with Gasteiger partial charge in [-0.1, -0.05) is 28.1 Å². The van der Waals surface area contributed by atoms with Crippen LogP contribution in [0, 0.1) is 12.1 Å². The van der Waals surface area contributed by atoms with Crippen LogP contribution in [0.1, 0.15) is 27.2 Å². The highest BCUT2D eigenvalue weighted by atomic mass is 79.9. The van der Waals surface area contributed by atoms with E-state index in [2.05, 4.69) is 25.6 Å². The molecule has 0 amide bonds. The molecule has 0 radical (unpaired) electrons. The number of hydroxylamine groups is 2. The van der Waals surface area contributed by atoms with Crippen molar-refractivity contribution in [3.63, 3.8) is 0 Å². The van der Waals surface area contributed by atoms with Crippen LogP contribution in [0.4, 0.5) is 0 Å². The number of hydrogen-bond acceptors (Lipinski definition) is 8. The molecule has 3 atom stereocenters. The van der Waals surface area contributed by atoms with Crippen LogP contribution in [-0.4, -0.2) is 47.8 Å². The fourth-order valence-electron chi connectivity index (χ4n) is 3.80. The number of carbonyl (C=O) groups excluding carboxylic acids is 1. The first-order valence-corrected chi connectivity index (χ1v) is 12.2. The van der Waals surface area contributed by atoms with Crippen LogP contribution >= 0.6 is 27.3 Å². The van der Waals surface area contributed by atoms with E-state index in [1.807, 2.05) is 24.3 Å². The van der Waals surface area contributed by atoms with Crippen LogP contribution in [0.25, 0.3) is 5.57 Å². The van der Waals surface area contributed by atoms with E-state index >= 15 is 0 Å². The smallest absolute Gasteiger partial charge is 0.210 e. The molecule has 4 rings (SSSR count). The van der Waals surface area contributed by atoms with Crippen LogP contribution in [0.2, 0.25) is 0 Å². The van der Waals surface area contributed by atoms with Crippen molar-refractivity contribution in [1.29, 1.82) is 0 Å². The lowest BCUT2D eigenvalue weighted by Crippen LogP contribution is -2.46. The number of aromatic nitrogens is 1. The van der Waals surface area contributed by atoms with E-state index in [9.17, 15) is 23.5 Å².